The zero-order valence-electron chi connectivity index (χ0n) is 15.7. The quantitative estimate of drug-likeness (QED) is 0.746. The van der Waals surface area contributed by atoms with Gasteiger partial charge in [0.15, 0.2) is 5.65 Å². The van der Waals surface area contributed by atoms with Gasteiger partial charge in [-0.3, -0.25) is 14.5 Å². The van der Waals surface area contributed by atoms with Crippen LogP contribution < -0.4 is 5.32 Å². The summed E-state index contributed by atoms with van der Waals surface area (Å²) >= 11 is 0. The minimum absolute atomic E-state index is 0.131. The average Bonchev–Trinajstić information content (AvgIpc) is 3.17. The van der Waals surface area contributed by atoms with Crippen LogP contribution in [0, 0.1) is 0 Å². The van der Waals surface area contributed by atoms with E-state index < -0.39 is 0 Å². The Balaban J connectivity index is 1.42. The molecule has 28 heavy (non-hydrogen) atoms. The Bertz CT molecular complexity index is 1010. The number of aromatic nitrogens is 3. The highest BCUT2D eigenvalue weighted by Gasteiger charge is 2.18. The maximum absolute atomic E-state index is 12.7. The summed E-state index contributed by atoms with van der Waals surface area (Å²) in [5.74, 6) is -0.102. The Labute approximate surface area is 162 Å². The average molecular weight is 378 g/mol. The molecule has 0 saturated carbocycles. The predicted molar refractivity (Wildman–Crippen MR) is 105 cm³/mol. The Hall–Kier alpha value is -3.26. The largest absolute Gasteiger partial charge is 0.340 e. The molecule has 0 radical (unpaired) electrons. The number of rotatable bonds is 4. The van der Waals surface area contributed by atoms with Gasteiger partial charge in [-0.1, -0.05) is 12.1 Å². The van der Waals surface area contributed by atoms with E-state index in [1.54, 1.807) is 31.5 Å². The van der Waals surface area contributed by atoms with Gasteiger partial charge in [0, 0.05) is 57.6 Å². The smallest absolute Gasteiger partial charge is 0.274 e. The molecule has 1 saturated heterocycles. The summed E-state index contributed by atoms with van der Waals surface area (Å²) in [6.45, 7) is 5.62. The van der Waals surface area contributed by atoms with Crippen LogP contribution in [0.5, 0.6) is 0 Å². The molecule has 0 unspecified atom stereocenters. The third kappa shape index (κ3) is 3.86. The summed E-state index contributed by atoms with van der Waals surface area (Å²) in [7, 11) is 0. The first-order chi connectivity index (χ1) is 13.6. The Morgan fingerprint density at radius 3 is 2.68 bits per heavy atom. The molecule has 0 bridgehead atoms. The van der Waals surface area contributed by atoms with Crippen molar-refractivity contribution in [1.29, 1.82) is 0 Å². The number of hydrogen-bond acceptors (Lipinski definition) is 5. The van der Waals surface area contributed by atoms with E-state index in [1.807, 2.05) is 29.2 Å². The van der Waals surface area contributed by atoms with E-state index in [-0.39, 0.29) is 11.8 Å². The fourth-order valence-corrected chi connectivity index (χ4v) is 3.43. The third-order valence-corrected chi connectivity index (χ3v) is 4.93. The maximum Gasteiger partial charge on any atom is 0.274 e. The third-order valence-electron chi connectivity index (χ3n) is 4.93. The van der Waals surface area contributed by atoms with E-state index in [9.17, 15) is 9.59 Å². The number of nitrogens with zero attached hydrogens (tertiary/aromatic N) is 5. The normalized spacial score (nSPS) is 15.0. The molecule has 8 heteroatoms. The minimum atomic E-state index is -0.233. The highest BCUT2D eigenvalue weighted by Crippen LogP contribution is 2.15. The number of fused-ring (bicyclic) bond motifs is 1. The van der Waals surface area contributed by atoms with Crippen LogP contribution in [0.4, 0.5) is 5.69 Å². The molecule has 1 N–H and O–H groups in total. The second-order valence-corrected chi connectivity index (χ2v) is 6.87. The highest BCUT2D eigenvalue weighted by atomic mass is 16.2. The number of nitrogens with one attached hydrogen (secondary N) is 1. The molecule has 0 atom stereocenters. The van der Waals surface area contributed by atoms with Crippen molar-refractivity contribution in [2.45, 2.75) is 13.5 Å². The van der Waals surface area contributed by atoms with E-state index in [0.29, 0.717) is 11.3 Å². The lowest BCUT2D eigenvalue weighted by Gasteiger charge is -2.34. The highest BCUT2D eigenvalue weighted by molar-refractivity contribution is 6.03. The van der Waals surface area contributed by atoms with E-state index in [2.05, 4.69) is 20.3 Å². The number of piperazine rings is 1. The standard InChI is InChI=1S/C20H22N6O2/c1-15(27)25-11-9-24(10-12-25)14-16-3-2-4-17(13-16)23-20(28)18-5-7-21-19-6-8-22-26(18)19/h2-8,13H,9-12,14H2,1H3,(H,23,28). The Morgan fingerprint density at radius 1 is 1.07 bits per heavy atom. The van der Waals surface area contributed by atoms with E-state index in [4.69, 9.17) is 0 Å². The second-order valence-electron chi connectivity index (χ2n) is 6.87. The van der Waals surface area contributed by atoms with Gasteiger partial charge in [-0.15, -0.1) is 0 Å². The minimum Gasteiger partial charge on any atom is -0.340 e. The topological polar surface area (TPSA) is 82.8 Å². The molecule has 1 aliphatic rings. The van der Waals surface area contributed by atoms with Crippen molar-refractivity contribution in [2.24, 2.45) is 0 Å². The second kappa shape index (κ2) is 7.77. The first-order valence-corrected chi connectivity index (χ1v) is 9.27. The fraction of sp³-hybridized carbons (Fsp3) is 0.300. The Morgan fingerprint density at radius 2 is 1.89 bits per heavy atom. The van der Waals surface area contributed by atoms with Crippen molar-refractivity contribution in [1.82, 2.24) is 24.4 Å². The molecular formula is C20H22N6O2. The molecule has 1 aliphatic heterocycles. The molecule has 1 fully saturated rings. The molecule has 3 heterocycles. The zero-order valence-corrected chi connectivity index (χ0v) is 15.7. The van der Waals surface area contributed by atoms with Gasteiger partial charge in [0.05, 0.1) is 6.20 Å². The number of benzene rings is 1. The summed E-state index contributed by atoms with van der Waals surface area (Å²) in [6, 6.07) is 11.2. The first kappa shape index (κ1) is 18.1. The molecule has 0 spiro atoms. The molecule has 1 aromatic carbocycles. The lowest BCUT2D eigenvalue weighted by Crippen LogP contribution is -2.47. The number of anilines is 1. The fourth-order valence-electron chi connectivity index (χ4n) is 3.43. The van der Waals surface area contributed by atoms with Crippen molar-refractivity contribution in [3.8, 4) is 0 Å². The van der Waals surface area contributed by atoms with Crippen LogP contribution in [0.3, 0.4) is 0 Å². The number of hydrogen-bond donors (Lipinski definition) is 1. The van der Waals surface area contributed by atoms with Crippen LogP contribution >= 0.6 is 0 Å². The van der Waals surface area contributed by atoms with Gasteiger partial charge in [0.25, 0.3) is 5.91 Å². The van der Waals surface area contributed by atoms with Crippen molar-refractivity contribution in [3.05, 3.63) is 60.0 Å². The number of carbonyl (C=O) groups is 2. The van der Waals surface area contributed by atoms with E-state index >= 15 is 0 Å². The number of amides is 2. The molecule has 3 aromatic rings. The van der Waals surface area contributed by atoms with Crippen molar-refractivity contribution in [2.75, 3.05) is 31.5 Å². The number of carbonyl (C=O) groups excluding carboxylic acids is 2. The first-order valence-electron chi connectivity index (χ1n) is 9.27. The lowest BCUT2D eigenvalue weighted by molar-refractivity contribution is -0.130. The molecule has 4 rings (SSSR count). The van der Waals surface area contributed by atoms with Crippen molar-refractivity contribution < 1.29 is 9.59 Å². The van der Waals surface area contributed by atoms with Crippen LogP contribution in [0.2, 0.25) is 0 Å². The molecule has 2 amide bonds. The van der Waals surface area contributed by atoms with Crippen LogP contribution in [-0.2, 0) is 11.3 Å². The van der Waals surface area contributed by atoms with Crippen LogP contribution in [-0.4, -0.2) is 62.4 Å². The van der Waals surface area contributed by atoms with Gasteiger partial charge in [0.1, 0.15) is 5.69 Å². The molecule has 144 valence electrons. The zero-order chi connectivity index (χ0) is 19.5. The lowest BCUT2D eigenvalue weighted by atomic mass is 10.1. The maximum atomic E-state index is 12.7. The molecule has 2 aromatic heterocycles. The summed E-state index contributed by atoms with van der Waals surface area (Å²) < 4.78 is 1.52. The van der Waals surface area contributed by atoms with Crippen LogP contribution in [0.15, 0.2) is 48.8 Å². The van der Waals surface area contributed by atoms with Crippen molar-refractivity contribution in [3.63, 3.8) is 0 Å². The van der Waals surface area contributed by atoms with Gasteiger partial charge in [-0.2, -0.15) is 5.10 Å². The Kier molecular flexibility index (Phi) is 5.03. The summed E-state index contributed by atoms with van der Waals surface area (Å²) in [4.78, 5) is 32.5. The predicted octanol–water partition coefficient (Wildman–Crippen LogP) is 1.65. The van der Waals surface area contributed by atoms with E-state index in [0.717, 1.165) is 44.0 Å². The molecule has 8 nitrogen and oxygen atoms in total. The van der Waals surface area contributed by atoms with E-state index in [1.165, 1.54) is 4.52 Å². The summed E-state index contributed by atoms with van der Waals surface area (Å²) in [5, 5.41) is 7.09. The van der Waals surface area contributed by atoms with Crippen molar-refractivity contribution >= 4 is 23.1 Å². The van der Waals surface area contributed by atoms with Gasteiger partial charge in [-0.25, -0.2) is 9.50 Å². The monoisotopic (exact) mass is 378 g/mol. The summed E-state index contributed by atoms with van der Waals surface area (Å²) in [6.07, 6.45) is 3.22. The summed E-state index contributed by atoms with van der Waals surface area (Å²) in [5.41, 5.74) is 2.92. The van der Waals surface area contributed by atoms with Gasteiger partial charge in [-0.05, 0) is 23.8 Å². The molecular weight excluding hydrogens is 356 g/mol. The van der Waals surface area contributed by atoms with Crippen LogP contribution in [0.25, 0.3) is 5.65 Å². The van der Waals surface area contributed by atoms with Gasteiger partial charge in [0.2, 0.25) is 5.91 Å². The molecule has 0 aliphatic carbocycles. The van der Waals surface area contributed by atoms with Crippen LogP contribution in [0.1, 0.15) is 23.0 Å². The van der Waals surface area contributed by atoms with Gasteiger partial charge < -0.3 is 10.2 Å². The SMILES string of the molecule is CC(=O)N1CCN(Cc2cccc(NC(=O)c3ccnc4ccnn34)c2)CC1. The van der Waals surface area contributed by atoms with Gasteiger partial charge >= 0.3 is 0 Å².